The highest BCUT2D eigenvalue weighted by Gasteiger charge is 2.43. The molecule has 2 heterocycles. The molecule has 4 rings (SSSR count). The van der Waals surface area contributed by atoms with Crippen LogP contribution in [0.1, 0.15) is 30.1 Å². The summed E-state index contributed by atoms with van der Waals surface area (Å²) < 4.78 is 28.3. The molecule has 29 heavy (non-hydrogen) atoms. The quantitative estimate of drug-likeness (QED) is 0.800. The van der Waals surface area contributed by atoms with Gasteiger partial charge in [-0.05, 0) is 24.6 Å². The minimum Gasteiger partial charge on any atom is -0.327 e. The first kappa shape index (κ1) is 20.1. The van der Waals surface area contributed by atoms with Crippen molar-refractivity contribution in [3.05, 3.63) is 65.7 Å². The van der Waals surface area contributed by atoms with E-state index in [1.165, 1.54) is 9.21 Å². The molecule has 0 unspecified atom stereocenters. The van der Waals surface area contributed by atoms with Gasteiger partial charge in [-0.15, -0.1) is 0 Å². The van der Waals surface area contributed by atoms with Gasteiger partial charge in [0.2, 0.25) is 10.0 Å². The lowest BCUT2D eigenvalue weighted by molar-refractivity contribution is -0.879. The molecule has 0 spiro atoms. The lowest BCUT2D eigenvalue weighted by atomic mass is 10.1. The Morgan fingerprint density at radius 1 is 1.00 bits per heavy atom. The van der Waals surface area contributed by atoms with Gasteiger partial charge in [-0.25, -0.2) is 8.42 Å². The zero-order valence-corrected chi connectivity index (χ0v) is 17.6. The maximum Gasteiger partial charge on any atom is 0.279 e. The maximum absolute atomic E-state index is 13.4. The Bertz CT molecular complexity index is 955. The Morgan fingerprint density at radius 3 is 2.31 bits per heavy atom. The van der Waals surface area contributed by atoms with Gasteiger partial charge in [0.25, 0.3) is 5.91 Å². The number of quaternary nitrogens is 1. The molecular weight excluding hydrogens is 386 g/mol. The molecule has 0 bridgehead atoms. The van der Waals surface area contributed by atoms with E-state index in [0.717, 1.165) is 37.1 Å². The summed E-state index contributed by atoms with van der Waals surface area (Å²) in [5, 5.41) is 0. The molecule has 2 aromatic rings. The Labute approximate surface area is 172 Å². The number of sulfonamides is 1. The van der Waals surface area contributed by atoms with E-state index in [0.29, 0.717) is 19.6 Å². The van der Waals surface area contributed by atoms with Crippen molar-refractivity contribution in [3.63, 3.8) is 0 Å². The molecule has 1 amide bonds. The highest BCUT2D eigenvalue weighted by Crippen LogP contribution is 2.34. The first-order valence-electron chi connectivity index (χ1n) is 10.2. The van der Waals surface area contributed by atoms with Crippen molar-refractivity contribution in [1.29, 1.82) is 0 Å². The van der Waals surface area contributed by atoms with Crippen molar-refractivity contribution in [2.75, 3.05) is 32.7 Å². The van der Waals surface area contributed by atoms with E-state index in [-0.39, 0.29) is 10.8 Å². The molecule has 0 saturated carbocycles. The zero-order valence-electron chi connectivity index (χ0n) is 16.8. The van der Waals surface area contributed by atoms with E-state index in [1.807, 2.05) is 37.3 Å². The van der Waals surface area contributed by atoms with Gasteiger partial charge in [-0.3, -0.25) is 4.79 Å². The Hall–Kier alpha value is -2.22. The Morgan fingerprint density at radius 2 is 1.66 bits per heavy atom. The van der Waals surface area contributed by atoms with Crippen LogP contribution in [0.25, 0.3) is 0 Å². The van der Waals surface area contributed by atoms with Gasteiger partial charge in [0.05, 0.1) is 18.0 Å². The Kier molecular flexibility index (Phi) is 5.72. The molecule has 154 valence electrons. The van der Waals surface area contributed by atoms with Crippen LogP contribution in [-0.4, -0.2) is 56.3 Å². The number of carbonyl (C=O) groups excluding carboxylic acids is 1. The van der Waals surface area contributed by atoms with Gasteiger partial charge in [-0.1, -0.05) is 48.0 Å². The molecule has 7 heteroatoms. The van der Waals surface area contributed by atoms with Crippen molar-refractivity contribution in [2.24, 2.45) is 0 Å². The summed E-state index contributed by atoms with van der Waals surface area (Å²) >= 11 is 0. The van der Waals surface area contributed by atoms with E-state index >= 15 is 0 Å². The number of hydrogen-bond acceptors (Lipinski definition) is 3. The van der Waals surface area contributed by atoms with Crippen LogP contribution in [0, 0.1) is 6.92 Å². The second-order valence-corrected chi connectivity index (χ2v) is 9.82. The molecular formula is C22H28N3O3S+. The molecule has 0 radical (unpaired) electrons. The summed E-state index contributed by atoms with van der Waals surface area (Å²) in [5.74, 6) is 0.0253. The fraction of sp³-hybridized carbons (Fsp3) is 0.409. The van der Waals surface area contributed by atoms with Crippen LogP contribution in [0.3, 0.4) is 0 Å². The van der Waals surface area contributed by atoms with E-state index in [9.17, 15) is 13.2 Å². The molecule has 2 aromatic carbocycles. The molecule has 2 saturated heterocycles. The normalized spacial score (nSPS) is 21.0. The summed E-state index contributed by atoms with van der Waals surface area (Å²) in [6, 6.07) is 16.4. The summed E-state index contributed by atoms with van der Waals surface area (Å²) in [4.78, 5) is 16.4. The van der Waals surface area contributed by atoms with Crippen LogP contribution < -0.4 is 4.90 Å². The van der Waals surface area contributed by atoms with Gasteiger partial charge >= 0.3 is 0 Å². The summed E-state index contributed by atoms with van der Waals surface area (Å²) in [6.07, 6.45) is 1.70. The number of nitrogens with one attached hydrogen (secondary N) is 1. The average molecular weight is 415 g/mol. The van der Waals surface area contributed by atoms with Crippen LogP contribution >= 0.6 is 0 Å². The summed E-state index contributed by atoms with van der Waals surface area (Å²) in [5.41, 5.74) is 1.83. The molecule has 6 nitrogen and oxygen atoms in total. The predicted octanol–water partition coefficient (Wildman–Crippen LogP) is 1.21. The SMILES string of the molecule is Cc1ccc(S(=O)(=O)N2CCN(C(=O)C[NH+]3CCCC3)[C@H]2c2ccccc2)cc1. The zero-order chi connectivity index (χ0) is 20.4. The smallest absolute Gasteiger partial charge is 0.279 e. The Balaban J connectivity index is 1.66. The van der Waals surface area contributed by atoms with Gasteiger partial charge in [0.15, 0.2) is 6.54 Å². The number of rotatable bonds is 5. The summed E-state index contributed by atoms with van der Waals surface area (Å²) in [6.45, 7) is 5.11. The van der Waals surface area contributed by atoms with Gasteiger partial charge < -0.3 is 9.80 Å². The lowest BCUT2D eigenvalue weighted by Crippen LogP contribution is -3.11. The average Bonchev–Trinajstić information content (AvgIpc) is 3.39. The number of nitrogens with zero attached hydrogens (tertiary/aromatic N) is 2. The topological polar surface area (TPSA) is 62.1 Å². The van der Waals surface area contributed by atoms with E-state index in [4.69, 9.17) is 0 Å². The second kappa shape index (κ2) is 8.26. The highest BCUT2D eigenvalue weighted by atomic mass is 32.2. The van der Waals surface area contributed by atoms with Gasteiger partial charge in [0.1, 0.15) is 6.17 Å². The van der Waals surface area contributed by atoms with Crippen LogP contribution in [0.5, 0.6) is 0 Å². The van der Waals surface area contributed by atoms with Crippen molar-refractivity contribution in [3.8, 4) is 0 Å². The largest absolute Gasteiger partial charge is 0.327 e. The first-order valence-corrected chi connectivity index (χ1v) is 11.7. The van der Waals surface area contributed by atoms with Crippen molar-refractivity contribution in [2.45, 2.75) is 30.8 Å². The van der Waals surface area contributed by atoms with Crippen LogP contribution in [-0.2, 0) is 14.8 Å². The molecule has 1 N–H and O–H groups in total. The fourth-order valence-electron chi connectivity index (χ4n) is 4.30. The minimum atomic E-state index is -3.71. The molecule has 0 aliphatic carbocycles. The fourth-order valence-corrected chi connectivity index (χ4v) is 5.87. The van der Waals surface area contributed by atoms with Crippen LogP contribution in [0.15, 0.2) is 59.5 Å². The number of benzene rings is 2. The van der Waals surface area contributed by atoms with Crippen molar-refractivity contribution < 1.29 is 18.1 Å². The standard InChI is InChI=1S/C22H27N3O3S/c1-18-9-11-20(12-10-18)29(27,28)25-16-15-24(21(26)17-23-13-5-6-14-23)22(25)19-7-3-2-4-8-19/h2-4,7-12,22H,5-6,13-17H2,1H3/p+1/t22-/m1/s1. The lowest BCUT2D eigenvalue weighted by Gasteiger charge is -2.30. The number of amides is 1. The number of carbonyl (C=O) groups is 1. The third kappa shape index (κ3) is 4.08. The van der Waals surface area contributed by atoms with Gasteiger partial charge in [-0.2, -0.15) is 4.31 Å². The maximum atomic E-state index is 13.4. The number of hydrogen-bond donors (Lipinski definition) is 1. The minimum absolute atomic E-state index is 0.0253. The predicted molar refractivity (Wildman–Crippen MR) is 111 cm³/mol. The monoisotopic (exact) mass is 414 g/mol. The number of aryl methyl sites for hydroxylation is 1. The van der Waals surface area contributed by atoms with Crippen molar-refractivity contribution in [1.82, 2.24) is 9.21 Å². The van der Waals surface area contributed by atoms with E-state index < -0.39 is 16.2 Å². The molecule has 1 atom stereocenters. The van der Waals surface area contributed by atoms with Crippen LogP contribution in [0.2, 0.25) is 0 Å². The summed E-state index contributed by atoms with van der Waals surface area (Å²) in [7, 11) is -3.71. The number of likely N-dealkylation sites (tertiary alicyclic amines) is 1. The van der Waals surface area contributed by atoms with Gasteiger partial charge in [0, 0.05) is 25.9 Å². The van der Waals surface area contributed by atoms with E-state index in [2.05, 4.69) is 0 Å². The second-order valence-electron chi connectivity index (χ2n) is 7.93. The third-order valence-corrected chi connectivity index (χ3v) is 7.75. The molecule has 2 fully saturated rings. The molecule has 0 aromatic heterocycles. The van der Waals surface area contributed by atoms with E-state index in [1.54, 1.807) is 29.2 Å². The van der Waals surface area contributed by atoms with Crippen LogP contribution in [0.4, 0.5) is 0 Å². The molecule has 2 aliphatic heterocycles. The molecule has 2 aliphatic rings. The highest BCUT2D eigenvalue weighted by molar-refractivity contribution is 7.89. The first-order chi connectivity index (χ1) is 14.0. The third-order valence-electron chi connectivity index (χ3n) is 5.89. The van der Waals surface area contributed by atoms with Crippen molar-refractivity contribution >= 4 is 15.9 Å².